The molecule has 3 nitrogen and oxygen atoms in total. The molecular formula is C13H23N3S. The van der Waals surface area contributed by atoms with Gasteiger partial charge in [-0.25, -0.2) is 4.98 Å². The number of aromatic nitrogens is 1. The number of nitrogens with one attached hydrogen (secondary N) is 1. The van der Waals surface area contributed by atoms with Gasteiger partial charge in [0.15, 0.2) is 0 Å². The number of rotatable bonds is 6. The summed E-state index contributed by atoms with van der Waals surface area (Å²) >= 11 is 1.82. The molecular weight excluding hydrogens is 230 g/mol. The van der Waals surface area contributed by atoms with Gasteiger partial charge in [-0.05, 0) is 32.5 Å². The van der Waals surface area contributed by atoms with E-state index in [1.165, 1.54) is 23.5 Å². The van der Waals surface area contributed by atoms with Crippen molar-refractivity contribution >= 4 is 11.3 Å². The van der Waals surface area contributed by atoms with E-state index in [-0.39, 0.29) is 0 Å². The Morgan fingerprint density at radius 3 is 2.94 bits per heavy atom. The van der Waals surface area contributed by atoms with Crippen LogP contribution in [0.4, 0.5) is 0 Å². The number of hydrogen-bond donors (Lipinski definition) is 1. The van der Waals surface area contributed by atoms with E-state index in [1.807, 2.05) is 11.3 Å². The summed E-state index contributed by atoms with van der Waals surface area (Å²) in [7, 11) is 0. The Morgan fingerprint density at radius 1 is 1.47 bits per heavy atom. The van der Waals surface area contributed by atoms with Crippen molar-refractivity contribution in [1.82, 2.24) is 15.2 Å². The van der Waals surface area contributed by atoms with Crippen LogP contribution in [0, 0.1) is 0 Å². The zero-order chi connectivity index (χ0) is 12.1. The second kappa shape index (κ2) is 6.47. The minimum atomic E-state index is 0.522. The summed E-state index contributed by atoms with van der Waals surface area (Å²) in [5.41, 5.74) is 1.27. The van der Waals surface area contributed by atoms with Crippen LogP contribution in [0.5, 0.6) is 0 Å². The highest BCUT2D eigenvalue weighted by Crippen LogP contribution is 2.24. The largest absolute Gasteiger partial charge is 0.309 e. The van der Waals surface area contributed by atoms with Crippen LogP contribution < -0.4 is 5.32 Å². The Morgan fingerprint density at radius 2 is 2.29 bits per heavy atom. The maximum Gasteiger partial charge on any atom is 0.0941 e. The summed E-state index contributed by atoms with van der Waals surface area (Å²) < 4.78 is 0. The van der Waals surface area contributed by atoms with Crippen LogP contribution >= 0.6 is 11.3 Å². The van der Waals surface area contributed by atoms with Gasteiger partial charge < -0.3 is 10.2 Å². The maximum atomic E-state index is 4.76. The smallest absolute Gasteiger partial charge is 0.0941 e. The van der Waals surface area contributed by atoms with Crippen molar-refractivity contribution in [3.63, 3.8) is 0 Å². The Kier molecular flexibility index (Phi) is 4.95. The molecule has 0 bridgehead atoms. The first-order valence-corrected chi connectivity index (χ1v) is 7.61. The third-order valence-corrected chi connectivity index (χ3v) is 4.45. The van der Waals surface area contributed by atoms with Gasteiger partial charge in [-0.1, -0.05) is 13.8 Å². The van der Waals surface area contributed by atoms with E-state index in [1.54, 1.807) is 0 Å². The van der Waals surface area contributed by atoms with E-state index >= 15 is 0 Å². The first kappa shape index (κ1) is 13.0. The lowest BCUT2D eigenvalue weighted by Gasteiger charge is -2.16. The molecule has 1 saturated heterocycles. The number of thiazole rings is 1. The van der Waals surface area contributed by atoms with Gasteiger partial charge >= 0.3 is 0 Å². The Balaban J connectivity index is 1.85. The molecule has 0 aliphatic carbocycles. The van der Waals surface area contributed by atoms with Crippen LogP contribution in [0.25, 0.3) is 0 Å². The highest BCUT2D eigenvalue weighted by atomic mass is 32.1. The molecule has 17 heavy (non-hydrogen) atoms. The van der Waals surface area contributed by atoms with Crippen LogP contribution in [0.3, 0.4) is 0 Å². The molecule has 0 radical (unpaired) electrons. The van der Waals surface area contributed by atoms with Crippen LogP contribution in [0.1, 0.15) is 43.4 Å². The second-order valence-electron chi connectivity index (χ2n) is 4.59. The van der Waals surface area contributed by atoms with Crippen molar-refractivity contribution in [2.75, 3.05) is 26.2 Å². The molecule has 1 aliphatic rings. The Hall–Kier alpha value is -0.450. The van der Waals surface area contributed by atoms with Crippen LogP contribution in [0.15, 0.2) is 5.38 Å². The van der Waals surface area contributed by atoms with Crippen LogP contribution in [-0.4, -0.2) is 36.1 Å². The van der Waals surface area contributed by atoms with Gasteiger partial charge in [-0.3, -0.25) is 0 Å². The summed E-state index contributed by atoms with van der Waals surface area (Å²) in [6.45, 7) is 9.01. The summed E-state index contributed by atoms with van der Waals surface area (Å²) in [6, 6.07) is 0.522. The number of hydrogen-bond acceptors (Lipinski definition) is 4. The quantitative estimate of drug-likeness (QED) is 0.844. The zero-order valence-electron chi connectivity index (χ0n) is 10.9. The lowest BCUT2D eigenvalue weighted by molar-refractivity contribution is 0.307. The molecule has 1 unspecified atom stereocenters. The molecule has 2 heterocycles. The van der Waals surface area contributed by atoms with Crippen molar-refractivity contribution in [3.8, 4) is 0 Å². The fourth-order valence-electron chi connectivity index (χ4n) is 2.33. The fraction of sp³-hybridized carbons (Fsp3) is 0.769. The molecule has 0 amide bonds. The van der Waals surface area contributed by atoms with E-state index in [0.29, 0.717) is 6.04 Å². The third-order valence-electron chi connectivity index (χ3n) is 3.52. The highest BCUT2D eigenvalue weighted by Gasteiger charge is 2.18. The van der Waals surface area contributed by atoms with Gasteiger partial charge in [0.05, 0.1) is 16.7 Å². The summed E-state index contributed by atoms with van der Waals surface area (Å²) in [4.78, 5) is 7.22. The van der Waals surface area contributed by atoms with Gasteiger partial charge in [-0.2, -0.15) is 0 Å². The van der Waals surface area contributed by atoms with Crippen molar-refractivity contribution in [2.45, 2.75) is 39.2 Å². The molecule has 2 rings (SSSR count). The standard InChI is InChI=1S/C13H23N3S/c1-3-16(4-2)9-7-13-15-12(10-17-13)11-6-5-8-14-11/h10-11,14H,3-9H2,1-2H3. The van der Waals surface area contributed by atoms with E-state index in [2.05, 4.69) is 29.4 Å². The van der Waals surface area contributed by atoms with Crippen LogP contribution in [-0.2, 0) is 6.42 Å². The first-order valence-electron chi connectivity index (χ1n) is 6.73. The number of nitrogens with zero attached hydrogens (tertiary/aromatic N) is 2. The monoisotopic (exact) mass is 253 g/mol. The lowest BCUT2D eigenvalue weighted by Crippen LogP contribution is -2.25. The molecule has 0 aromatic carbocycles. The van der Waals surface area contributed by atoms with Gasteiger partial charge in [0, 0.05) is 18.3 Å². The second-order valence-corrected chi connectivity index (χ2v) is 5.53. The topological polar surface area (TPSA) is 28.2 Å². The SMILES string of the molecule is CCN(CC)CCc1nc(C2CCCN2)cs1. The molecule has 0 saturated carbocycles. The molecule has 0 spiro atoms. The van der Waals surface area contributed by atoms with Crippen LogP contribution in [0.2, 0.25) is 0 Å². The van der Waals surface area contributed by atoms with E-state index < -0.39 is 0 Å². The third kappa shape index (κ3) is 3.50. The van der Waals surface area contributed by atoms with Crippen molar-refractivity contribution < 1.29 is 0 Å². The normalized spacial score (nSPS) is 20.3. The van der Waals surface area contributed by atoms with Crippen molar-refractivity contribution in [1.29, 1.82) is 0 Å². The molecule has 96 valence electrons. The molecule has 1 fully saturated rings. The summed E-state index contributed by atoms with van der Waals surface area (Å²) in [6.07, 6.45) is 3.63. The van der Waals surface area contributed by atoms with Crippen molar-refractivity contribution in [3.05, 3.63) is 16.1 Å². The first-order chi connectivity index (χ1) is 8.33. The van der Waals surface area contributed by atoms with Gasteiger partial charge in [0.25, 0.3) is 0 Å². The Labute approximate surface area is 108 Å². The minimum Gasteiger partial charge on any atom is -0.309 e. The predicted molar refractivity (Wildman–Crippen MR) is 73.6 cm³/mol. The van der Waals surface area contributed by atoms with Crippen molar-refractivity contribution in [2.24, 2.45) is 0 Å². The van der Waals surface area contributed by atoms with E-state index in [0.717, 1.165) is 32.6 Å². The number of likely N-dealkylation sites (N-methyl/N-ethyl adjacent to an activating group) is 1. The molecule has 1 aromatic heterocycles. The van der Waals surface area contributed by atoms with E-state index in [4.69, 9.17) is 4.98 Å². The minimum absolute atomic E-state index is 0.522. The summed E-state index contributed by atoms with van der Waals surface area (Å²) in [5, 5.41) is 7.04. The average Bonchev–Trinajstić information content (AvgIpc) is 3.01. The lowest BCUT2D eigenvalue weighted by atomic mass is 10.2. The van der Waals surface area contributed by atoms with Gasteiger partial charge in [-0.15, -0.1) is 11.3 Å². The molecule has 4 heteroatoms. The predicted octanol–water partition coefficient (Wildman–Crippen LogP) is 2.45. The molecule has 1 aromatic rings. The summed E-state index contributed by atoms with van der Waals surface area (Å²) in [5.74, 6) is 0. The van der Waals surface area contributed by atoms with Gasteiger partial charge in [0.1, 0.15) is 0 Å². The van der Waals surface area contributed by atoms with Gasteiger partial charge in [0.2, 0.25) is 0 Å². The maximum absolute atomic E-state index is 4.76. The Bertz CT molecular complexity index is 327. The fourth-order valence-corrected chi connectivity index (χ4v) is 3.17. The van der Waals surface area contributed by atoms with E-state index in [9.17, 15) is 0 Å². The molecule has 1 atom stereocenters. The molecule has 1 aliphatic heterocycles. The highest BCUT2D eigenvalue weighted by molar-refractivity contribution is 7.09. The zero-order valence-corrected chi connectivity index (χ0v) is 11.7. The average molecular weight is 253 g/mol. The molecule has 1 N–H and O–H groups in total.